The van der Waals surface area contributed by atoms with Crippen molar-refractivity contribution in [3.63, 3.8) is 0 Å². The molecule has 3 rings (SSSR count). The third-order valence-corrected chi connectivity index (χ3v) is 5.41. The first-order chi connectivity index (χ1) is 10.9. The van der Waals surface area contributed by atoms with Gasteiger partial charge in [0.2, 0.25) is 0 Å². The fraction of sp³-hybridized carbons (Fsp3) is 0.353. The van der Waals surface area contributed by atoms with Gasteiger partial charge in [-0.25, -0.2) is 8.78 Å². The van der Waals surface area contributed by atoms with E-state index in [1.165, 1.54) is 11.3 Å². The molecule has 122 valence electrons. The van der Waals surface area contributed by atoms with E-state index in [4.69, 9.17) is 11.6 Å². The maximum Gasteiger partial charge on any atom is 0.250 e. The van der Waals surface area contributed by atoms with Gasteiger partial charge in [-0.3, -0.25) is 9.69 Å². The number of rotatable bonds is 4. The average Bonchev–Trinajstić information content (AvgIpc) is 2.92. The van der Waals surface area contributed by atoms with Crippen molar-refractivity contribution in [3.8, 4) is 10.4 Å². The zero-order valence-corrected chi connectivity index (χ0v) is 14.0. The summed E-state index contributed by atoms with van der Waals surface area (Å²) in [5, 5.41) is 0. The number of carbonyl (C=O) groups is 1. The van der Waals surface area contributed by atoms with Crippen LogP contribution in [0.4, 0.5) is 8.78 Å². The molecule has 0 radical (unpaired) electrons. The summed E-state index contributed by atoms with van der Waals surface area (Å²) in [4.78, 5) is 15.1. The van der Waals surface area contributed by atoms with E-state index in [1.807, 2.05) is 30.3 Å². The van der Waals surface area contributed by atoms with E-state index < -0.39 is 5.92 Å². The number of Topliss-reactive ketones (excluding diaryl/α,β-unsaturated/α-hetero) is 1. The fourth-order valence-corrected chi connectivity index (χ4v) is 3.95. The predicted octanol–water partition coefficient (Wildman–Crippen LogP) is 4.98. The monoisotopic (exact) mass is 355 g/mol. The fourth-order valence-electron chi connectivity index (χ4n) is 2.63. The quantitative estimate of drug-likeness (QED) is 0.721. The van der Waals surface area contributed by atoms with Gasteiger partial charge < -0.3 is 0 Å². The lowest BCUT2D eigenvalue weighted by Crippen LogP contribution is -2.41. The number of likely N-dealkylation sites (tertiary alicyclic amines) is 1. The van der Waals surface area contributed by atoms with Gasteiger partial charge in [0.1, 0.15) is 4.34 Å². The number of alkyl halides is 2. The number of halogens is 3. The lowest BCUT2D eigenvalue weighted by atomic mass is 10.1. The lowest BCUT2D eigenvalue weighted by Gasteiger charge is -2.31. The third-order valence-electron chi connectivity index (χ3n) is 4.00. The maximum atomic E-state index is 13.2. The van der Waals surface area contributed by atoms with Gasteiger partial charge in [0.05, 0.1) is 6.54 Å². The minimum absolute atomic E-state index is 0.112. The van der Waals surface area contributed by atoms with Crippen LogP contribution in [0.2, 0.25) is 4.34 Å². The number of hydrogen-bond acceptors (Lipinski definition) is 3. The van der Waals surface area contributed by atoms with Crippen LogP contribution in [0.3, 0.4) is 0 Å². The SMILES string of the molecule is O=C(CN1CCC(F)(F)CC1)c1cc(-c2ccccc2)sc1Cl. The van der Waals surface area contributed by atoms with Crippen LogP contribution in [0.1, 0.15) is 23.2 Å². The summed E-state index contributed by atoms with van der Waals surface area (Å²) in [5.74, 6) is -2.71. The van der Waals surface area contributed by atoms with Gasteiger partial charge >= 0.3 is 0 Å². The first-order valence-electron chi connectivity index (χ1n) is 7.43. The van der Waals surface area contributed by atoms with E-state index in [1.54, 1.807) is 11.0 Å². The molecule has 0 atom stereocenters. The van der Waals surface area contributed by atoms with Gasteiger partial charge in [-0.2, -0.15) is 0 Å². The molecule has 2 aromatic rings. The summed E-state index contributed by atoms with van der Waals surface area (Å²) in [7, 11) is 0. The number of benzene rings is 1. The first kappa shape index (κ1) is 16.6. The molecule has 0 aliphatic carbocycles. The van der Waals surface area contributed by atoms with Crippen molar-refractivity contribution in [2.75, 3.05) is 19.6 Å². The molecule has 1 aromatic carbocycles. The van der Waals surface area contributed by atoms with Gasteiger partial charge in [0.15, 0.2) is 5.78 Å². The molecule has 1 aromatic heterocycles. The highest BCUT2D eigenvalue weighted by atomic mass is 35.5. The van der Waals surface area contributed by atoms with E-state index >= 15 is 0 Å². The number of ketones is 1. The van der Waals surface area contributed by atoms with E-state index in [2.05, 4.69) is 0 Å². The van der Waals surface area contributed by atoms with E-state index in [9.17, 15) is 13.6 Å². The van der Waals surface area contributed by atoms with Gasteiger partial charge in [-0.05, 0) is 11.6 Å². The molecule has 1 aliphatic rings. The van der Waals surface area contributed by atoms with Crippen LogP contribution in [0.25, 0.3) is 10.4 Å². The summed E-state index contributed by atoms with van der Waals surface area (Å²) in [6.45, 7) is 0.624. The largest absolute Gasteiger partial charge is 0.295 e. The molecule has 1 fully saturated rings. The minimum atomic E-state index is -2.60. The Balaban J connectivity index is 1.70. The molecule has 0 amide bonds. The highest BCUT2D eigenvalue weighted by Crippen LogP contribution is 2.35. The average molecular weight is 356 g/mol. The Morgan fingerprint density at radius 2 is 1.87 bits per heavy atom. The summed E-state index contributed by atoms with van der Waals surface area (Å²) in [6.07, 6.45) is -0.375. The summed E-state index contributed by atoms with van der Waals surface area (Å²) < 4.78 is 26.8. The number of carbonyl (C=O) groups excluding carboxylic acids is 1. The number of piperidine rings is 1. The van der Waals surface area contributed by atoms with Crippen LogP contribution in [0.15, 0.2) is 36.4 Å². The van der Waals surface area contributed by atoms with Crippen LogP contribution < -0.4 is 0 Å². The molecule has 1 aliphatic heterocycles. The molecule has 2 heterocycles. The van der Waals surface area contributed by atoms with E-state index in [-0.39, 0.29) is 38.3 Å². The second-order valence-corrected chi connectivity index (χ2v) is 7.37. The Bertz CT molecular complexity index is 692. The highest BCUT2D eigenvalue weighted by Gasteiger charge is 2.34. The van der Waals surface area contributed by atoms with E-state index in [0.717, 1.165) is 10.4 Å². The van der Waals surface area contributed by atoms with Gasteiger partial charge in [-0.15, -0.1) is 11.3 Å². The normalized spacial score (nSPS) is 18.0. The van der Waals surface area contributed by atoms with Crippen molar-refractivity contribution in [1.29, 1.82) is 0 Å². The Kier molecular flexibility index (Phi) is 4.80. The Labute approximate surface area is 142 Å². The van der Waals surface area contributed by atoms with Crippen molar-refractivity contribution in [2.24, 2.45) is 0 Å². The molecule has 23 heavy (non-hydrogen) atoms. The van der Waals surface area contributed by atoms with Crippen LogP contribution in [-0.4, -0.2) is 36.2 Å². The molecule has 0 spiro atoms. The lowest BCUT2D eigenvalue weighted by molar-refractivity contribution is -0.0536. The molecule has 0 bridgehead atoms. The molecule has 0 saturated carbocycles. The van der Waals surface area contributed by atoms with Crippen LogP contribution in [-0.2, 0) is 0 Å². The van der Waals surface area contributed by atoms with Crippen molar-refractivity contribution in [2.45, 2.75) is 18.8 Å². The highest BCUT2D eigenvalue weighted by molar-refractivity contribution is 7.19. The molecule has 6 heteroatoms. The van der Waals surface area contributed by atoms with Crippen LogP contribution in [0, 0.1) is 0 Å². The zero-order valence-electron chi connectivity index (χ0n) is 12.4. The molecule has 2 nitrogen and oxygen atoms in total. The van der Waals surface area contributed by atoms with Crippen molar-refractivity contribution < 1.29 is 13.6 Å². The summed E-state index contributed by atoms with van der Waals surface area (Å²) in [5.41, 5.74) is 1.49. The predicted molar refractivity (Wildman–Crippen MR) is 89.7 cm³/mol. The molecular formula is C17H16ClF2NOS. The third kappa shape index (κ3) is 3.97. The zero-order chi connectivity index (χ0) is 16.4. The Morgan fingerprint density at radius 3 is 2.52 bits per heavy atom. The smallest absolute Gasteiger partial charge is 0.250 e. The first-order valence-corrected chi connectivity index (χ1v) is 8.62. The Morgan fingerprint density at radius 1 is 1.22 bits per heavy atom. The van der Waals surface area contributed by atoms with Gasteiger partial charge in [0.25, 0.3) is 5.92 Å². The number of hydrogen-bond donors (Lipinski definition) is 0. The minimum Gasteiger partial charge on any atom is -0.295 e. The summed E-state index contributed by atoms with van der Waals surface area (Å²) >= 11 is 7.58. The Hall–Kier alpha value is -1.30. The molecular weight excluding hydrogens is 340 g/mol. The molecule has 0 unspecified atom stereocenters. The van der Waals surface area contributed by atoms with E-state index in [0.29, 0.717) is 9.90 Å². The van der Waals surface area contributed by atoms with Gasteiger partial charge in [0, 0.05) is 36.4 Å². The maximum absolute atomic E-state index is 13.2. The topological polar surface area (TPSA) is 20.3 Å². The number of thiophene rings is 1. The second kappa shape index (κ2) is 6.67. The molecule has 0 N–H and O–H groups in total. The standard InChI is InChI=1S/C17H16ClF2NOS/c18-16-13(10-15(23-16)12-4-2-1-3-5-12)14(22)11-21-8-6-17(19,20)7-9-21/h1-5,10H,6-9,11H2. The van der Waals surface area contributed by atoms with Gasteiger partial charge in [-0.1, -0.05) is 41.9 Å². The second-order valence-electron chi connectivity index (χ2n) is 5.72. The van der Waals surface area contributed by atoms with Crippen LogP contribution in [0.5, 0.6) is 0 Å². The van der Waals surface area contributed by atoms with Crippen LogP contribution >= 0.6 is 22.9 Å². The summed E-state index contributed by atoms with van der Waals surface area (Å²) in [6, 6.07) is 11.5. The molecule has 1 saturated heterocycles. The van der Waals surface area contributed by atoms with Crippen molar-refractivity contribution in [3.05, 3.63) is 46.3 Å². The van der Waals surface area contributed by atoms with Crippen molar-refractivity contribution >= 4 is 28.7 Å². The number of nitrogens with zero attached hydrogens (tertiary/aromatic N) is 1. The van der Waals surface area contributed by atoms with Crippen molar-refractivity contribution in [1.82, 2.24) is 4.90 Å².